The van der Waals surface area contributed by atoms with E-state index in [-0.39, 0.29) is 6.10 Å². The number of guanidine groups is 1. The van der Waals surface area contributed by atoms with Gasteiger partial charge in [-0.3, -0.25) is 9.67 Å². The maximum atomic E-state index is 10.7. The third kappa shape index (κ3) is 4.73. The van der Waals surface area contributed by atoms with Crippen molar-refractivity contribution in [1.82, 2.24) is 20.0 Å². The summed E-state index contributed by atoms with van der Waals surface area (Å²) in [6.45, 7) is 5.57. The molecule has 0 aromatic carbocycles. The van der Waals surface area contributed by atoms with Gasteiger partial charge in [0.2, 0.25) is 0 Å². The summed E-state index contributed by atoms with van der Waals surface area (Å²) in [6.07, 6.45) is 9.01. The van der Waals surface area contributed by atoms with Gasteiger partial charge in [-0.05, 0) is 19.8 Å². The predicted molar refractivity (Wildman–Crippen MR) is 97.5 cm³/mol. The fourth-order valence-electron chi connectivity index (χ4n) is 3.67. The van der Waals surface area contributed by atoms with Crippen LogP contribution in [-0.2, 0) is 11.8 Å². The zero-order valence-corrected chi connectivity index (χ0v) is 15.4. The molecule has 0 amide bonds. The Bertz CT molecular complexity index is 580. The first-order valence-corrected chi connectivity index (χ1v) is 9.45. The lowest BCUT2D eigenvalue weighted by Crippen LogP contribution is -2.49. The SMILES string of the molecule is CCNC(=NCC1(O)CCCCC1)N1CCOC(c2cnn(C)c2)C1. The van der Waals surface area contributed by atoms with E-state index in [1.807, 2.05) is 19.4 Å². The zero-order chi connectivity index (χ0) is 17.7. The molecular formula is C18H31N5O2. The Kier molecular flexibility index (Phi) is 5.96. The highest BCUT2D eigenvalue weighted by Gasteiger charge is 2.30. The third-order valence-electron chi connectivity index (χ3n) is 5.10. The highest BCUT2D eigenvalue weighted by molar-refractivity contribution is 5.80. The molecule has 7 nitrogen and oxygen atoms in total. The number of aliphatic imine (C=N–C) groups is 1. The molecule has 2 heterocycles. The second-order valence-electron chi connectivity index (χ2n) is 7.21. The molecule has 1 unspecified atom stereocenters. The third-order valence-corrected chi connectivity index (χ3v) is 5.10. The predicted octanol–water partition coefficient (Wildman–Crippen LogP) is 1.45. The van der Waals surface area contributed by atoms with Crippen molar-refractivity contribution < 1.29 is 9.84 Å². The number of hydrogen-bond donors (Lipinski definition) is 2. The largest absolute Gasteiger partial charge is 0.388 e. The first-order valence-electron chi connectivity index (χ1n) is 9.45. The van der Waals surface area contributed by atoms with Crippen LogP contribution in [0.1, 0.15) is 50.7 Å². The minimum Gasteiger partial charge on any atom is -0.388 e. The molecule has 1 saturated heterocycles. The van der Waals surface area contributed by atoms with Gasteiger partial charge in [0.15, 0.2) is 5.96 Å². The van der Waals surface area contributed by atoms with Crippen molar-refractivity contribution in [3.63, 3.8) is 0 Å². The average molecular weight is 349 g/mol. The molecule has 1 aliphatic heterocycles. The van der Waals surface area contributed by atoms with Crippen molar-refractivity contribution in [2.45, 2.75) is 50.7 Å². The van der Waals surface area contributed by atoms with E-state index < -0.39 is 5.60 Å². The van der Waals surface area contributed by atoms with Crippen LogP contribution < -0.4 is 5.32 Å². The van der Waals surface area contributed by atoms with Crippen LogP contribution in [-0.4, -0.2) is 64.1 Å². The van der Waals surface area contributed by atoms with Crippen LogP contribution in [0, 0.1) is 0 Å². The number of nitrogens with zero attached hydrogens (tertiary/aromatic N) is 4. The van der Waals surface area contributed by atoms with E-state index in [4.69, 9.17) is 9.73 Å². The lowest BCUT2D eigenvalue weighted by Gasteiger charge is -2.36. The Labute approximate surface area is 150 Å². The number of rotatable bonds is 4. The van der Waals surface area contributed by atoms with E-state index in [0.29, 0.717) is 13.2 Å². The molecule has 0 bridgehead atoms. The van der Waals surface area contributed by atoms with E-state index in [9.17, 15) is 5.11 Å². The second-order valence-corrected chi connectivity index (χ2v) is 7.21. The molecule has 3 rings (SSSR count). The summed E-state index contributed by atoms with van der Waals surface area (Å²) in [6, 6.07) is 0. The summed E-state index contributed by atoms with van der Waals surface area (Å²) in [7, 11) is 1.92. The number of hydrogen-bond acceptors (Lipinski definition) is 4. The summed E-state index contributed by atoms with van der Waals surface area (Å²) in [5.41, 5.74) is 0.461. The smallest absolute Gasteiger partial charge is 0.194 e. The van der Waals surface area contributed by atoms with Crippen LogP contribution in [0.3, 0.4) is 0 Å². The molecule has 25 heavy (non-hydrogen) atoms. The number of nitrogens with one attached hydrogen (secondary N) is 1. The van der Waals surface area contributed by atoms with E-state index >= 15 is 0 Å². The number of ether oxygens (including phenoxy) is 1. The molecule has 0 spiro atoms. The van der Waals surface area contributed by atoms with Crippen LogP contribution in [0.2, 0.25) is 0 Å². The standard InChI is InChI=1S/C18H31N5O2/c1-3-19-17(20-14-18(24)7-5-4-6-8-18)23-9-10-25-16(13-23)15-11-21-22(2)12-15/h11-12,16,24H,3-10,13-14H2,1-2H3,(H,19,20). The lowest BCUT2D eigenvalue weighted by molar-refractivity contribution is -0.00896. The zero-order valence-electron chi connectivity index (χ0n) is 15.4. The van der Waals surface area contributed by atoms with Gasteiger partial charge >= 0.3 is 0 Å². The second kappa shape index (κ2) is 8.19. The van der Waals surface area contributed by atoms with Crippen LogP contribution in [0.15, 0.2) is 17.4 Å². The van der Waals surface area contributed by atoms with Gasteiger partial charge < -0.3 is 20.1 Å². The van der Waals surface area contributed by atoms with Crippen LogP contribution in [0.4, 0.5) is 0 Å². The van der Waals surface area contributed by atoms with Crippen molar-refractivity contribution in [1.29, 1.82) is 0 Å². The van der Waals surface area contributed by atoms with E-state index in [1.165, 1.54) is 6.42 Å². The summed E-state index contributed by atoms with van der Waals surface area (Å²) in [5.74, 6) is 0.874. The van der Waals surface area contributed by atoms with Gasteiger partial charge in [-0.15, -0.1) is 0 Å². The molecule has 140 valence electrons. The molecule has 1 aromatic heterocycles. The Balaban J connectivity index is 1.67. The summed E-state index contributed by atoms with van der Waals surface area (Å²) in [5, 5.41) is 18.3. The number of aromatic nitrogens is 2. The first kappa shape index (κ1) is 18.2. The average Bonchev–Trinajstić information content (AvgIpc) is 3.06. The van der Waals surface area contributed by atoms with Crippen molar-refractivity contribution >= 4 is 5.96 Å². The highest BCUT2D eigenvalue weighted by atomic mass is 16.5. The van der Waals surface area contributed by atoms with Gasteiger partial charge in [0, 0.05) is 31.9 Å². The van der Waals surface area contributed by atoms with Crippen molar-refractivity contribution in [2.24, 2.45) is 12.0 Å². The van der Waals surface area contributed by atoms with Gasteiger partial charge in [-0.25, -0.2) is 0 Å². The summed E-state index contributed by atoms with van der Waals surface area (Å²) < 4.78 is 7.72. The van der Waals surface area contributed by atoms with Gasteiger partial charge in [0.1, 0.15) is 6.10 Å². The quantitative estimate of drug-likeness (QED) is 0.636. The van der Waals surface area contributed by atoms with E-state index in [1.54, 1.807) is 4.68 Å². The van der Waals surface area contributed by atoms with Crippen LogP contribution >= 0.6 is 0 Å². The highest BCUT2D eigenvalue weighted by Crippen LogP contribution is 2.28. The van der Waals surface area contributed by atoms with E-state index in [0.717, 1.165) is 56.8 Å². The van der Waals surface area contributed by atoms with Gasteiger partial charge in [0.05, 0.1) is 31.5 Å². The number of morpholine rings is 1. The number of aliphatic hydroxyl groups is 1. The molecule has 1 atom stereocenters. The summed E-state index contributed by atoms with van der Waals surface area (Å²) >= 11 is 0. The summed E-state index contributed by atoms with van der Waals surface area (Å²) in [4.78, 5) is 7.00. The molecule has 7 heteroatoms. The Morgan fingerprint density at radius 2 is 2.24 bits per heavy atom. The van der Waals surface area contributed by atoms with Crippen LogP contribution in [0.25, 0.3) is 0 Å². The minimum atomic E-state index is -0.631. The fourth-order valence-corrected chi connectivity index (χ4v) is 3.67. The lowest BCUT2D eigenvalue weighted by atomic mass is 9.85. The molecular weight excluding hydrogens is 318 g/mol. The van der Waals surface area contributed by atoms with Gasteiger partial charge in [-0.1, -0.05) is 19.3 Å². The molecule has 1 aliphatic carbocycles. The van der Waals surface area contributed by atoms with Gasteiger partial charge in [-0.2, -0.15) is 5.10 Å². The molecule has 1 aromatic rings. The molecule has 2 N–H and O–H groups in total. The van der Waals surface area contributed by atoms with Crippen LogP contribution in [0.5, 0.6) is 0 Å². The molecule has 2 fully saturated rings. The van der Waals surface area contributed by atoms with Crippen molar-refractivity contribution in [3.8, 4) is 0 Å². The van der Waals surface area contributed by atoms with Gasteiger partial charge in [0.25, 0.3) is 0 Å². The minimum absolute atomic E-state index is 0.00377. The first-order chi connectivity index (χ1) is 12.1. The topological polar surface area (TPSA) is 74.9 Å². The number of aryl methyl sites for hydroxylation is 1. The van der Waals surface area contributed by atoms with E-state index in [2.05, 4.69) is 22.2 Å². The molecule has 2 aliphatic rings. The monoisotopic (exact) mass is 349 g/mol. The Morgan fingerprint density at radius 1 is 1.44 bits per heavy atom. The molecule has 1 saturated carbocycles. The maximum absolute atomic E-state index is 10.7. The van der Waals surface area contributed by atoms with Crippen molar-refractivity contribution in [2.75, 3.05) is 32.8 Å². The molecule has 0 radical (unpaired) electrons. The Hall–Kier alpha value is -1.60. The van der Waals surface area contributed by atoms with Crippen molar-refractivity contribution in [3.05, 3.63) is 18.0 Å². The maximum Gasteiger partial charge on any atom is 0.194 e. The fraction of sp³-hybridized carbons (Fsp3) is 0.778. The Morgan fingerprint density at radius 3 is 2.92 bits per heavy atom. The normalized spacial score (nSPS) is 24.4.